The molecule has 4 nitrogen and oxygen atoms in total. The van der Waals surface area contributed by atoms with Gasteiger partial charge in [0, 0.05) is 44.3 Å². The lowest BCUT2D eigenvalue weighted by Gasteiger charge is -2.41. The number of benzene rings is 1. The van der Waals surface area contributed by atoms with E-state index in [2.05, 4.69) is 16.7 Å². The van der Waals surface area contributed by atoms with Crippen LogP contribution >= 0.6 is 0 Å². The summed E-state index contributed by atoms with van der Waals surface area (Å²) in [6.45, 7) is 7.84. The predicted molar refractivity (Wildman–Crippen MR) is 83.7 cm³/mol. The second kappa shape index (κ2) is 7.68. The minimum Gasteiger partial charge on any atom is -0.392 e. The van der Waals surface area contributed by atoms with Crippen molar-refractivity contribution in [3.8, 4) is 6.07 Å². The molecule has 2 unspecified atom stereocenters. The van der Waals surface area contributed by atoms with Crippen molar-refractivity contribution in [1.82, 2.24) is 9.80 Å². The van der Waals surface area contributed by atoms with E-state index in [9.17, 15) is 9.50 Å². The summed E-state index contributed by atoms with van der Waals surface area (Å²) >= 11 is 0. The van der Waals surface area contributed by atoms with E-state index in [0.717, 1.165) is 26.1 Å². The zero-order valence-corrected chi connectivity index (χ0v) is 13.3. The Morgan fingerprint density at radius 1 is 1.45 bits per heavy atom. The molecule has 120 valence electrons. The third kappa shape index (κ3) is 4.26. The van der Waals surface area contributed by atoms with Gasteiger partial charge in [0.05, 0.1) is 17.7 Å². The zero-order chi connectivity index (χ0) is 16.1. The van der Waals surface area contributed by atoms with Crippen LogP contribution in [0.15, 0.2) is 18.2 Å². The minimum atomic E-state index is -0.323. The topological polar surface area (TPSA) is 50.5 Å². The van der Waals surface area contributed by atoms with Crippen LogP contribution in [0.1, 0.15) is 31.4 Å². The van der Waals surface area contributed by atoms with Crippen LogP contribution in [0, 0.1) is 17.1 Å². The highest BCUT2D eigenvalue weighted by Gasteiger charge is 2.26. The summed E-state index contributed by atoms with van der Waals surface area (Å²) in [5.74, 6) is -0.307. The number of hydrogen-bond acceptors (Lipinski definition) is 4. The average molecular weight is 305 g/mol. The van der Waals surface area contributed by atoms with Gasteiger partial charge in [-0.2, -0.15) is 5.26 Å². The smallest absolute Gasteiger partial charge is 0.129 e. The lowest BCUT2D eigenvalue weighted by Crippen LogP contribution is -2.54. The first-order valence-corrected chi connectivity index (χ1v) is 7.86. The summed E-state index contributed by atoms with van der Waals surface area (Å²) in [5.41, 5.74) is 0.993. The van der Waals surface area contributed by atoms with Crippen LogP contribution in [0.5, 0.6) is 0 Å². The molecule has 1 heterocycles. The molecule has 2 rings (SSSR count). The van der Waals surface area contributed by atoms with E-state index in [1.807, 2.05) is 13.0 Å². The van der Waals surface area contributed by atoms with E-state index in [4.69, 9.17) is 5.26 Å². The standard InChI is InChI=1S/C17H24FN3O/c1-3-16-12-20(6-7-21(16)10-13(2)22)11-15-5-4-14(9-19)8-17(15)18/h4-5,8,13,16,22H,3,6-7,10-12H2,1-2H3. The molecule has 0 saturated carbocycles. The molecule has 1 saturated heterocycles. The summed E-state index contributed by atoms with van der Waals surface area (Å²) in [6.07, 6.45) is 0.690. The maximum Gasteiger partial charge on any atom is 0.129 e. The third-order valence-electron chi connectivity index (χ3n) is 4.23. The van der Waals surface area contributed by atoms with Crippen LogP contribution in [0.3, 0.4) is 0 Å². The summed E-state index contributed by atoms with van der Waals surface area (Å²) < 4.78 is 14.0. The molecule has 1 aliphatic rings. The molecule has 0 radical (unpaired) electrons. The van der Waals surface area contributed by atoms with Crippen molar-refractivity contribution >= 4 is 0 Å². The Morgan fingerprint density at radius 2 is 2.23 bits per heavy atom. The van der Waals surface area contributed by atoms with E-state index < -0.39 is 0 Å². The fourth-order valence-corrected chi connectivity index (χ4v) is 3.05. The predicted octanol–water partition coefficient (Wildman–Crippen LogP) is 1.97. The lowest BCUT2D eigenvalue weighted by atomic mass is 10.1. The Balaban J connectivity index is 1.99. The molecule has 1 fully saturated rings. The molecule has 2 atom stereocenters. The maximum atomic E-state index is 14.0. The van der Waals surface area contributed by atoms with Crippen LogP contribution in [-0.4, -0.2) is 53.2 Å². The summed E-state index contributed by atoms with van der Waals surface area (Å²) in [6, 6.07) is 7.02. The van der Waals surface area contributed by atoms with Crippen molar-refractivity contribution in [2.75, 3.05) is 26.2 Å². The lowest BCUT2D eigenvalue weighted by molar-refractivity contribution is 0.0334. The molecule has 22 heavy (non-hydrogen) atoms. The van der Waals surface area contributed by atoms with E-state index in [-0.39, 0.29) is 11.9 Å². The quantitative estimate of drug-likeness (QED) is 0.904. The molecular weight excluding hydrogens is 281 g/mol. The first-order valence-electron chi connectivity index (χ1n) is 7.86. The van der Waals surface area contributed by atoms with Gasteiger partial charge in [0.2, 0.25) is 0 Å². The highest BCUT2D eigenvalue weighted by atomic mass is 19.1. The Hall–Kier alpha value is -1.48. The molecule has 1 aromatic carbocycles. The molecule has 0 aromatic heterocycles. The van der Waals surface area contributed by atoms with E-state index in [1.165, 1.54) is 6.07 Å². The Bertz CT molecular complexity index is 541. The zero-order valence-electron chi connectivity index (χ0n) is 13.3. The van der Waals surface area contributed by atoms with E-state index in [1.54, 1.807) is 12.1 Å². The van der Waals surface area contributed by atoms with Gasteiger partial charge in [0.1, 0.15) is 5.82 Å². The van der Waals surface area contributed by atoms with Gasteiger partial charge in [0.25, 0.3) is 0 Å². The highest BCUT2D eigenvalue weighted by Crippen LogP contribution is 2.18. The molecule has 5 heteroatoms. The molecule has 0 spiro atoms. The number of rotatable bonds is 5. The van der Waals surface area contributed by atoms with Gasteiger partial charge < -0.3 is 5.11 Å². The first kappa shape index (κ1) is 16.9. The van der Waals surface area contributed by atoms with Gasteiger partial charge in [0.15, 0.2) is 0 Å². The number of aliphatic hydroxyl groups is 1. The fourth-order valence-electron chi connectivity index (χ4n) is 3.05. The molecule has 0 bridgehead atoms. The molecule has 1 aliphatic heterocycles. The highest BCUT2D eigenvalue weighted by molar-refractivity contribution is 5.32. The molecule has 0 aliphatic carbocycles. The second-order valence-corrected chi connectivity index (χ2v) is 6.06. The van der Waals surface area contributed by atoms with Gasteiger partial charge in [-0.25, -0.2) is 4.39 Å². The largest absolute Gasteiger partial charge is 0.392 e. The maximum absolute atomic E-state index is 14.0. The number of halogens is 1. The Labute approximate surface area is 131 Å². The number of β-amino-alcohol motifs (C(OH)–C–C–N with tert-alkyl or cyclic N) is 1. The van der Waals surface area contributed by atoms with Crippen LogP contribution in [-0.2, 0) is 6.54 Å². The van der Waals surface area contributed by atoms with Crippen LogP contribution < -0.4 is 0 Å². The Kier molecular flexibility index (Phi) is 5.90. The van der Waals surface area contributed by atoms with Crippen molar-refractivity contribution in [2.45, 2.75) is 39.0 Å². The summed E-state index contributed by atoms with van der Waals surface area (Å²) in [7, 11) is 0. The van der Waals surface area contributed by atoms with Gasteiger partial charge >= 0.3 is 0 Å². The second-order valence-electron chi connectivity index (χ2n) is 6.06. The van der Waals surface area contributed by atoms with Crippen LogP contribution in [0.4, 0.5) is 4.39 Å². The fraction of sp³-hybridized carbons (Fsp3) is 0.588. The van der Waals surface area contributed by atoms with Crippen molar-refractivity contribution in [1.29, 1.82) is 5.26 Å². The Morgan fingerprint density at radius 3 is 2.82 bits per heavy atom. The number of piperazine rings is 1. The summed E-state index contributed by atoms with van der Waals surface area (Å²) in [4.78, 5) is 4.56. The van der Waals surface area contributed by atoms with Crippen molar-refractivity contribution in [3.63, 3.8) is 0 Å². The van der Waals surface area contributed by atoms with Crippen molar-refractivity contribution in [2.24, 2.45) is 0 Å². The normalized spacial score (nSPS) is 21.5. The van der Waals surface area contributed by atoms with E-state index >= 15 is 0 Å². The summed E-state index contributed by atoms with van der Waals surface area (Å²) in [5, 5.41) is 18.4. The molecular formula is C17H24FN3O. The molecule has 1 N–H and O–H groups in total. The van der Waals surface area contributed by atoms with Crippen LogP contribution in [0.25, 0.3) is 0 Å². The van der Waals surface area contributed by atoms with Crippen molar-refractivity contribution in [3.05, 3.63) is 35.1 Å². The van der Waals surface area contributed by atoms with Crippen molar-refractivity contribution < 1.29 is 9.50 Å². The van der Waals surface area contributed by atoms with Gasteiger partial charge in [-0.05, 0) is 25.5 Å². The SMILES string of the molecule is CCC1CN(Cc2ccc(C#N)cc2F)CCN1CC(C)O. The number of nitrogens with zero attached hydrogens (tertiary/aromatic N) is 3. The number of aliphatic hydroxyl groups excluding tert-OH is 1. The van der Waals surface area contributed by atoms with Gasteiger partial charge in [-0.1, -0.05) is 13.0 Å². The third-order valence-corrected chi connectivity index (χ3v) is 4.23. The number of nitriles is 1. The van der Waals surface area contributed by atoms with Gasteiger partial charge in [-0.3, -0.25) is 9.80 Å². The molecule has 0 amide bonds. The molecule has 1 aromatic rings. The first-order chi connectivity index (χ1) is 10.5. The monoisotopic (exact) mass is 305 g/mol. The number of hydrogen-bond donors (Lipinski definition) is 1. The van der Waals surface area contributed by atoms with Gasteiger partial charge in [-0.15, -0.1) is 0 Å². The van der Waals surface area contributed by atoms with E-state index in [0.29, 0.717) is 30.3 Å². The van der Waals surface area contributed by atoms with Crippen LogP contribution in [0.2, 0.25) is 0 Å². The minimum absolute atomic E-state index is 0.307. The average Bonchev–Trinajstić information content (AvgIpc) is 2.50.